The molecule has 0 spiro atoms. The first kappa shape index (κ1) is 15.8. The maximum Gasteiger partial charge on any atom is 0.255 e. The molecule has 1 saturated heterocycles. The number of carbonyl (C=O) groups is 1. The molecule has 0 saturated carbocycles. The first-order valence-electron chi connectivity index (χ1n) is 7.13. The Morgan fingerprint density at radius 3 is 2.38 bits per heavy atom. The van der Waals surface area contributed by atoms with Crippen LogP contribution in [0.15, 0.2) is 24.3 Å². The van der Waals surface area contributed by atoms with Crippen molar-refractivity contribution in [1.82, 2.24) is 4.90 Å². The number of anilines is 1. The quantitative estimate of drug-likeness (QED) is 0.857. The number of likely N-dealkylation sites (tertiary alicyclic amines) is 1. The summed E-state index contributed by atoms with van der Waals surface area (Å²) in [4.78, 5) is 14.5. The van der Waals surface area contributed by atoms with Gasteiger partial charge in [-0.2, -0.15) is 0 Å². The number of hydrogen-bond donors (Lipinski definition) is 0. The molecule has 0 atom stereocenters. The second-order valence-electron chi connectivity index (χ2n) is 5.72. The van der Waals surface area contributed by atoms with Gasteiger partial charge in [0.1, 0.15) is 0 Å². The first-order valence-corrected chi connectivity index (χ1v) is 8.97. The summed E-state index contributed by atoms with van der Waals surface area (Å²) in [6.07, 6.45) is 3.13. The second-order valence-corrected chi connectivity index (χ2v) is 7.74. The molecule has 1 fully saturated rings. The average Bonchev–Trinajstić information content (AvgIpc) is 2.45. The van der Waals surface area contributed by atoms with Crippen LogP contribution in [0.1, 0.15) is 30.1 Å². The Morgan fingerprint density at radius 2 is 1.81 bits per heavy atom. The SMILES string of the molecule is CC1CCN(C(=O)c2ccccc2N(C)S(C)(=O)=O)CC1. The van der Waals surface area contributed by atoms with Gasteiger partial charge in [0.25, 0.3) is 5.91 Å². The third-order valence-corrected chi connectivity index (χ3v) is 5.23. The van der Waals surface area contributed by atoms with Crippen molar-refractivity contribution < 1.29 is 13.2 Å². The van der Waals surface area contributed by atoms with Gasteiger partial charge >= 0.3 is 0 Å². The lowest BCUT2D eigenvalue weighted by Gasteiger charge is -2.31. The van der Waals surface area contributed by atoms with Crippen LogP contribution in [0.4, 0.5) is 5.69 Å². The summed E-state index contributed by atoms with van der Waals surface area (Å²) in [6.45, 7) is 3.65. The van der Waals surface area contributed by atoms with Crippen molar-refractivity contribution in [3.8, 4) is 0 Å². The average molecular weight is 310 g/mol. The Hall–Kier alpha value is -1.56. The molecule has 0 aromatic heterocycles. The van der Waals surface area contributed by atoms with Crippen LogP contribution in [-0.4, -0.2) is 45.6 Å². The van der Waals surface area contributed by atoms with Crippen LogP contribution in [0.25, 0.3) is 0 Å². The van der Waals surface area contributed by atoms with Crippen molar-refractivity contribution in [3.05, 3.63) is 29.8 Å². The summed E-state index contributed by atoms with van der Waals surface area (Å²) < 4.78 is 24.6. The molecule has 6 heteroatoms. The van der Waals surface area contributed by atoms with Crippen molar-refractivity contribution in [3.63, 3.8) is 0 Å². The van der Waals surface area contributed by atoms with Gasteiger partial charge in [0.2, 0.25) is 10.0 Å². The van der Waals surface area contributed by atoms with Crippen molar-refractivity contribution in [2.45, 2.75) is 19.8 Å². The van der Waals surface area contributed by atoms with Gasteiger partial charge in [-0.15, -0.1) is 0 Å². The number of rotatable bonds is 3. The van der Waals surface area contributed by atoms with Crippen molar-refractivity contribution in [2.24, 2.45) is 5.92 Å². The van der Waals surface area contributed by atoms with E-state index >= 15 is 0 Å². The third kappa shape index (κ3) is 3.56. The lowest BCUT2D eigenvalue weighted by Crippen LogP contribution is -2.39. The molecule has 5 nitrogen and oxygen atoms in total. The highest BCUT2D eigenvalue weighted by molar-refractivity contribution is 7.92. The number of hydrogen-bond acceptors (Lipinski definition) is 3. The van der Waals surface area contributed by atoms with Gasteiger partial charge in [-0.25, -0.2) is 8.42 Å². The number of nitrogens with zero attached hydrogens (tertiary/aromatic N) is 2. The van der Waals surface area contributed by atoms with Crippen LogP contribution in [0, 0.1) is 5.92 Å². The monoisotopic (exact) mass is 310 g/mol. The summed E-state index contributed by atoms with van der Waals surface area (Å²) >= 11 is 0. The number of sulfonamides is 1. The minimum atomic E-state index is -3.39. The lowest BCUT2D eigenvalue weighted by atomic mass is 9.98. The molecular formula is C15H22N2O3S. The van der Waals surface area contributed by atoms with E-state index in [1.807, 2.05) is 4.90 Å². The number of para-hydroxylation sites is 1. The molecule has 1 aliphatic rings. The highest BCUT2D eigenvalue weighted by Gasteiger charge is 2.25. The summed E-state index contributed by atoms with van der Waals surface area (Å²) in [6, 6.07) is 6.86. The molecule has 1 aromatic rings. The van der Waals surface area contributed by atoms with E-state index in [2.05, 4.69) is 6.92 Å². The smallest absolute Gasteiger partial charge is 0.255 e. The Morgan fingerprint density at radius 1 is 1.24 bits per heavy atom. The molecule has 1 aromatic carbocycles. The van der Waals surface area contributed by atoms with E-state index < -0.39 is 10.0 Å². The normalized spacial score (nSPS) is 16.8. The number of amides is 1. The van der Waals surface area contributed by atoms with Gasteiger partial charge in [-0.1, -0.05) is 19.1 Å². The predicted molar refractivity (Wildman–Crippen MR) is 84.0 cm³/mol. The van der Waals surface area contributed by atoms with Crippen LogP contribution < -0.4 is 4.31 Å². The maximum atomic E-state index is 12.7. The van der Waals surface area contributed by atoms with E-state index in [1.165, 1.54) is 7.05 Å². The van der Waals surface area contributed by atoms with E-state index in [-0.39, 0.29) is 5.91 Å². The molecule has 1 heterocycles. The van der Waals surface area contributed by atoms with Crippen LogP contribution in [0.2, 0.25) is 0 Å². The van der Waals surface area contributed by atoms with Crippen molar-refractivity contribution in [2.75, 3.05) is 30.7 Å². The predicted octanol–water partition coefficient (Wildman–Crippen LogP) is 1.95. The molecule has 0 aliphatic carbocycles. The molecule has 116 valence electrons. The molecule has 0 N–H and O–H groups in total. The van der Waals surface area contributed by atoms with E-state index in [0.717, 1.165) is 36.5 Å². The molecule has 1 amide bonds. The van der Waals surface area contributed by atoms with Crippen molar-refractivity contribution >= 4 is 21.6 Å². The summed E-state index contributed by atoms with van der Waals surface area (Å²) in [7, 11) is -1.92. The first-order chi connectivity index (χ1) is 9.80. The van der Waals surface area contributed by atoms with Crippen LogP contribution in [0.5, 0.6) is 0 Å². The lowest BCUT2D eigenvalue weighted by molar-refractivity contribution is 0.0698. The fraction of sp³-hybridized carbons (Fsp3) is 0.533. The van der Waals surface area contributed by atoms with E-state index in [0.29, 0.717) is 17.2 Å². The molecule has 2 rings (SSSR count). The van der Waals surface area contributed by atoms with Gasteiger partial charge in [-0.3, -0.25) is 9.10 Å². The number of carbonyl (C=O) groups excluding carboxylic acids is 1. The Balaban J connectivity index is 2.30. The summed E-state index contributed by atoms with van der Waals surface area (Å²) in [5, 5.41) is 0. The maximum absolute atomic E-state index is 12.7. The van der Waals surface area contributed by atoms with E-state index in [1.54, 1.807) is 24.3 Å². The standard InChI is InChI=1S/C15H22N2O3S/c1-12-8-10-17(11-9-12)15(18)13-6-4-5-7-14(13)16(2)21(3,19)20/h4-7,12H,8-11H2,1-3H3. The van der Waals surface area contributed by atoms with Gasteiger partial charge in [0.15, 0.2) is 0 Å². The largest absolute Gasteiger partial charge is 0.339 e. The molecule has 0 bridgehead atoms. The zero-order valence-corrected chi connectivity index (χ0v) is 13.6. The van der Waals surface area contributed by atoms with E-state index in [4.69, 9.17) is 0 Å². The Kier molecular flexibility index (Phi) is 4.56. The third-order valence-electron chi connectivity index (χ3n) is 4.04. The van der Waals surface area contributed by atoms with E-state index in [9.17, 15) is 13.2 Å². The second kappa shape index (κ2) is 6.05. The highest BCUT2D eigenvalue weighted by Crippen LogP contribution is 2.25. The van der Waals surface area contributed by atoms with Crippen LogP contribution >= 0.6 is 0 Å². The fourth-order valence-electron chi connectivity index (χ4n) is 2.49. The molecule has 0 unspecified atom stereocenters. The minimum Gasteiger partial charge on any atom is -0.339 e. The zero-order valence-electron chi connectivity index (χ0n) is 12.7. The van der Waals surface area contributed by atoms with Crippen molar-refractivity contribution in [1.29, 1.82) is 0 Å². The van der Waals surface area contributed by atoms with Crippen LogP contribution in [0.3, 0.4) is 0 Å². The van der Waals surface area contributed by atoms with Gasteiger partial charge in [0, 0.05) is 20.1 Å². The molecular weight excluding hydrogens is 288 g/mol. The number of piperidine rings is 1. The molecule has 0 radical (unpaired) electrons. The number of benzene rings is 1. The Labute approximate surface area is 126 Å². The Bertz CT molecular complexity index is 620. The van der Waals surface area contributed by atoms with Crippen LogP contribution in [-0.2, 0) is 10.0 Å². The van der Waals surface area contributed by atoms with Gasteiger partial charge in [-0.05, 0) is 30.9 Å². The van der Waals surface area contributed by atoms with Gasteiger partial charge < -0.3 is 4.90 Å². The summed E-state index contributed by atoms with van der Waals surface area (Å²) in [5.41, 5.74) is 0.878. The fourth-order valence-corrected chi connectivity index (χ4v) is 3.01. The topological polar surface area (TPSA) is 57.7 Å². The zero-order chi connectivity index (χ0) is 15.6. The summed E-state index contributed by atoms with van der Waals surface area (Å²) in [5.74, 6) is 0.552. The molecule has 1 aliphatic heterocycles. The highest BCUT2D eigenvalue weighted by atomic mass is 32.2. The minimum absolute atomic E-state index is 0.0898. The molecule has 21 heavy (non-hydrogen) atoms. The van der Waals surface area contributed by atoms with Gasteiger partial charge in [0.05, 0.1) is 17.5 Å².